The highest BCUT2D eigenvalue weighted by molar-refractivity contribution is 5.66. The minimum Gasteiger partial charge on any atom is -0.481 e. The monoisotopic (exact) mass is 591 g/mol. The van der Waals surface area contributed by atoms with Crippen molar-refractivity contribution in [2.75, 3.05) is 0 Å². The summed E-state index contributed by atoms with van der Waals surface area (Å²) < 4.78 is 0. The van der Waals surface area contributed by atoms with E-state index in [1.54, 1.807) is 0 Å². The summed E-state index contributed by atoms with van der Waals surface area (Å²) in [6.45, 7) is 0. The molecule has 0 unspecified atom stereocenters. The summed E-state index contributed by atoms with van der Waals surface area (Å²) in [4.78, 5) is 20.9. The number of rotatable bonds is 35. The maximum atomic E-state index is 10.5. The van der Waals surface area contributed by atoms with Crippen LogP contribution >= 0.6 is 0 Å². The third-order valence-electron chi connectivity index (χ3n) is 8.35. The lowest BCUT2D eigenvalue weighted by molar-refractivity contribution is -0.138. The van der Waals surface area contributed by atoms with Gasteiger partial charge in [-0.15, -0.1) is 0 Å². The summed E-state index contributed by atoms with van der Waals surface area (Å²) in [5, 5.41) is 17.2. The summed E-state index contributed by atoms with van der Waals surface area (Å²) >= 11 is 0. The number of hydrogen-bond donors (Lipinski definition) is 2. The molecular weight excluding hydrogens is 520 g/mol. The normalized spacial score (nSPS) is 11.7. The van der Waals surface area contributed by atoms with Crippen molar-refractivity contribution in [3.63, 3.8) is 0 Å². The van der Waals surface area contributed by atoms with Gasteiger partial charge in [0.25, 0.3) is 0 Å². The minimum atomic E-state index is -0.666. The van der Waals surface area contributed by atoms with E-state index in [1.165, 1.54) is 167 Å². The van der Waals surface area contributed by atoms with Crippen LogP contribution in [0.3, 0.4) is 0 Å². The van der Waals surface area contributed by atoms with Crippen LogP contribution in [-0.2, 0) is 9.59 Å². The van der Waals surface area contributed by atoms with Gasteiger partial charge >= 0.3 is 11.9 Å². The highest BCUT2D eigenvalue weighted by Gasteiger charge is 1.98. The molecule has 0 saturated carbocycles. The second-order valence-electron chi connectivity index (χ2n) is 12.6. The fraction of sp³-hybridized carbons (Fsp3) is 0.842. The van der Waals surface area contributed by atoms with E-state index in [1.807, 2.05) is 0 Å². The number of hydrogen-bond acceptors (Lipinski definition) is 2. The first-order valence-electron chi connectivity index (χ1n) is 18.4. The van der Waals surface area contributed by atoms with Gasteiger partial charge in [-0.2, -0.15) is 0 Å². The molecule has 0 rings (SSSR count). The van der Waals surface area contributed by atoms with Crippen LogP contribution in [0.1, 0.15) is 205 Å². The molecular formula is C38H70O4. The Morgan fingerprint density at radius 3 is 0.643 bits per heavy atom. The molecule has 0 heterocycles. The van der Waals surface area contributed by atoms with Gasteiger partial charge in [0, 0.05) is 12.8 Å². The number of unbranched alkanes of at least 4 members (excludes halogenated alkanes) is 27. The molecule has 0 saturated heterocycles. The van der Waals surface area contributed by atoms with E-state index in [0.29, 0.717) is 12.8 Å². The molecule has 42 heavy (non-hydrogen) atoms. The van der Waals surface area contributed by atoms with Crippen molar-refractivity contribution < 1.29 is 19.8 Å². The average molecular weight is 591 g/mol. The smallest absolute Gasteiger partial charge is 0.303 e. The number of aliphatic carboxylic acids is 2. The van der Waals surface area contributed by atoms with Gasteiger partial charge in [-0.05, 0) is 64.2 Å². The number of carboxylic acid groups (broad SMARTS) is 2. The van der Waals surface area contributed by atoms with Crippen molar-refractivity contribution in [2.45, 2.75) is 205 Å². The molecule has 0 aromatic rings. The fourth-order valence-corrected chi connectivity index (χ4v) is 5.61. The quantitative estimate of drug-likeness (QED) is 0.0568. The molecule has 0 radical (unpaired) electrons. The Bertz CT molecular complexity index is 571. The van der Waals surface area contributed by atoms with Crippen molar-refractivity contribution >= 4 is 11.9 Å². The molecule has 0 aliphatic heterocycles. The van der Waals surface area contributed by atoms with Crippen molar-refractivity contribution in [2.24, 2.45) is 0 Å². The van der Waals surface area contributed by atoms with Gasteiger partial charge in [-0.1, -0.05) is 153 Å². The van der Waals surface area contributed by atoms with Gasteiger partial charge in [0.05, 0.1) is 0 Å². The Morgan fingerprint density at radius 2 is 0.452 bits per heavy atom. The predicted octanol–water partition coefficient (Wildman–Crippen LogP) is 12.8. The zero-order valence-corrected chi connectivity index (χ0v) is 27.6. The second-order valence-corrected chi connectivity index (χ2v) is 12.6. The highest BCUT2D eigenvalue weighted by Crippen LogP contribution is 2.15. The van der Waals surface area contributed by atoms with Crippen LogP contribution in [-0.4, -0.2) is 22.2 Å². The SMILES string of the molecule is O=C(O)CCCCCCC/C=C\CCCCCCCCCCCCCCCCCC/C=C\CCCCCCCC(=O)O. The van der Waals surface area contributed by atoms with Crippen LogP contribution in [0.5, 0.6) is 0 Å². The van der Waals surface area contributed by atoms with E-state index in [-0.39, 0.29) is 0 Å². The lowest BCUT2D eigenvalue weighted by atomic mass is 10.0. The summed E-state index contributed by atoms with van der Waals surface area (Å²) in [7, 11) is 0. The Morgan fingerprint density at radius 1 is 0.286 bits per heavy atom. The molecule has 0 amide bonds. The summed E-state index contributed by atoms with van der Waals surface area (Å²) in [5.74, 6) is -1.33. The van der Waals surface area contributed by atoms with Crippen molar-refractivity contribution in [3.05, 3.63) is 24.3 Å². The van der Waals surface area contributed by atoms with E-state index in [2.05, 4.69) is 24.3 Å². The van der Waals surface area contributed by atoms with Crippen molar-refractivity contribution in [1.29, 1.82) is 0 Å². The summed E-state index contributed by atoms with van der Waals surface area (Å²) in [6.07, 6.45) is 48.5. The molecule has 0 aliphatic carbocycles. The first-order valence-corrected chi connectivity index (χ1v) is 18.4. The predicted molar refractivity (Wildman–Crippen MR) is 181 cm³/mol. The Kier molecular flexibility index (Phi) is 34.3. The van der Waals surface area contributed by atoms with Crippen LogP contribution in [0.4, 0.5) is 0 Å². The van der Waals surface area contributed by atoms with Gasteiger partial charge in [0.1, 0.15) is 0 Å². The molecule has 2 N–H and O–H groups in total. The number of carbonyl (C=O) groups is 2. The fourth-order valence-electron chi connectivity index (χ4n) is 5.61. The molecule has 0 atom stereocenters. The lowest BCUT2D eigenvalue weighted by Crippen LogP contribution is -1.93. The van der Waals surface area contributed by atoms with Crippen molar-refractivity contribution in [3.8, 4) is 0 Å². The molecule has 0 aromatic carbocycles. The van der Waals surface area contributed by atoms with Crippen LogP contribution < -0.4 is 0 Å². The highest BCUT2D eigenvalue weighted by atomic mass is 16.4. The third kappa shape index (κ3) is 38.4. The summed E-state index contributed by atoms with van der Waals surface area (Å²) in [6, 6.07) is 0. The largest absolute Gasteiger partial charge is 0.481 e. The van der Waals surface area contributed by atoms with Crippen LogP contribution in [0, 0.1) is 0 Å². The number of allylic oxidation sites excluding steroid dienone is 4. The van der Waals surface area contributed by atoms with Crippen LogP contribution in [0.25, 0.3) is 0 Å². The minimum absolute atomic E-state index is 0.325. The summed E-state index contributed by atoms with van der Waals surface area (Å²) in [5.41, 5.74) is 0. The maximum absolute atomic E-state index is 10.5. The zero-order chi connectivity index (χ0) is 30.6. The molecule has 0 aliphatic rings. The Labute approximate surface area is 261 Å². The number of carboxylic acids is 2. The van der Waals surface area contributed by atoms with Gasteiger partial charge < -0.3 is 10.2 Å². The van der Waals surface area contributed by atoms with E-state index >= 15 is 0 Å². The van der Waals surface area contributed by atoms with Gasteiger partial charge in [0.2, 0.25) is 0 Å². The third-order valence-corrected chi connectivity index (χ3v) is 8.35. The molecule has 0 spiro atoms. The second kappa shape index (κ2) is 35.6. The molecule has 0 fully saturated rings. The van der Waals surface area contributed by atoms with Crippen molar-refractivity contribution in [1.82, 2.24) is 0 Å². The Hall–Kier alpha value is -1.58. The standard InChI is InChI=1S/C38H70O4/c39-37(40)35-33-31-29-27-25-23-21-19-17-15-13-11-9-7-5-3-1-2-4-6-8-10-12-14-16-18-20-22-24-26-28-30-32-34-36-38(41)42/h19-22H,1-18,23-36H2,(H,39,40)(H,41,42)/b21-19-,22-20-. The molecule has 0 bridgehead atoms. The molecule has 246 valence electrons. The van der Waals surface area contributed by atoms with Gasteiger partial charge in [-0.25, -0.2) is 0 Å². The Balaban J connectivity index is 3.13. The molecule has 4 heteroatoms. The van der Waals surface area contributed by atoms with Gasteiger partial charge in [-0.3, -0.25) is 9.59 Å². The molecule has 0 aromatic heterocycles. The van der Waals surface area contributed by atoms with Crippen LogP contribution in [0.15, 0.2) is 24.3 Å². The lowest BCUT2D eigenvalue weighted by Gasteiger charge is -2.03. The van der Waals surface area contributed by atoms with E-state index < -0.39 is 11.9 Å². The topological polar surface area (TPSA) is 74.6 Å². The first kappa shape index (κ1) is 40.4. The van der Waals surface area contributed by atoms with E-state index in [9.17, 15) is 9.59 Å². The van der Waals surface area contributed by atoms with E-state index in [0.717, 1.165) is 25.7 Å². The molecule has 4 nitrogen and oxygen atoms in total. The van der Waals surface area contributed by atoms with Crippen LogP contribution in [0.2, 0.25) is 0 Å². The first-order chi connectivity index (χ1) is 20.6. The zero-order valence-electron chi connectivity index (χ0n) is 27.6. The van der Waals surface area contributed by atoms with Gasteiger partial charge in [0.15, 0.2) is 0 Å². The van der Waals surface area contributed by atoms with E-state index in [4.69, 9.17) is 10.2 Å². The maximum Gasteiger partial charge on any atom is 0.303 e. The average Bonchev–Trinajstić information content (AvgIpc) is 2.96.